The summed E-state index contributed by atoms with van der Waals surface area (Å²) in [6, 6.07) is 10.8. The molecule has 0 unspecified atom stereocenters. The molecule has 8 heteroatoms. The van der Waals surface area contributed by atoms with Crippen molar-refractivity contribution in [3.63, 3.8) is 0 Å². The summed E-state index contributed by atoms with van der Waals surface area (Å²) in [5.74, 6) is -0.721. The highest BCUT2D eigenvalue weighted by atomic mass is 32.2. The molecular weight excluding hydrogens is 406 g/mol. The number of anilines is 1. The van der Waals surface area contributed by atoms with E-state index in [2.05, 4.69) is 28.6 Å². The van der Waals surface area contributed by atoms with Crippen LogP contribution >= 0.6 is 24.4 Å². The number of carboxylic acids is 1. The van der Waals surface area contributed by atoms with Crippen LogP contribution in [0.25, 0.3) is 10.8 Å². The number of fused-ring (bicyclic) bond motifs is 1. The summed E-state index contributed by atoms with van der Waals surface area (Å²) >= 11 is 6.16. The Morgan fingerprint density at radius 1 is 1.34 bits per heavy atom. The number of rotatable bonds is 9. The summed E-state index contributed by atoms with van der Waals surface area (Å²) < 4.78 is 0. The highest BCUT2D eigenvalue weighted by Crippen LogP contribution is 2.25. The average Bonchev–Trinajstić information content (AvgIpc) is 3.13. The molecule has 4 N–H and O–H groups in total. The maximum Gasteiger partial charge on any atom is 0.326 e. The lowest BCUT2D eigenvalue weighted by Gasteiger charge is -2.19. The first-order valence-corrected chi connectivity index (χ1v) is 11.6. The third kappa shape index (κ3) is 5.58. The lowest BCUT2D eigenvalue weighted by molar-refractivity contribution is -0.139. The van der Waals surface area contributed by atoms with Gasteiger partial charge in [-0.15, -0.1) is 0 Å². The van der Waals surface area contributed by atoms with Crippen molar-refractivity contribution in [2.75, 3.05) is 30.4 Å². The van der Waals surface area contributed by atoms with Crippen LogP contribution in [-0.4, -0.2) is 59.4 Å². The van der Waals surface area contributed by atoms with Crippen molar-refractivity contribution in [3.05, 3.63) is 42.0 Å². The lowest BCUT2D eigenvalue weighted by Crippen LogP contribution is -2.41. The SMILES string of the molecule is CSCC[C@H](NC(=O)c1cc(NC[C@@H]2NCC[C@@H]2S)cc2ccccc12)C(=O)O. The minimum Gasteiger partial charge on any atom is -0.480 e. The Bertz CT molecular complexity index is 877. The molecular formula is C21H27N3O3S2. The van der Waals surface area contributed by atoms with Gasteiger partial charge in [0.2, 0.25) is 0 Å². The molecule has 2 aromatic rings. The van der Waals surface area contributed by atoms with E-state index < -0.39 is 12.0 Å². The van der Waals surface area contributed by atoms with E-state index in [1.54, 1.807) is 17.8 Å². The lowest BCUT2D eigenvalue weighted by atomic mass is 10.0. The van der Waals surface area contributed by atoms with E-state index in [1.165, 1.54) is 0 Å². The number of aliphatic carboxylic acids is 1. The van der Waals surface area contributed by atoms with E-state index >= 15 is 0 Å². The Kier molecular flexibility index (Phi) is 7.69. The third-order valence-corrected chi connectivity index (χ3v) is 6.42. The molecule has 1 aliphatic rings. The van der Waals surface area contributed by atoms with Crippen LogP contribution in [-0.2, 0) is 4.79 Å². The van der Waals surface area contributed by atoms with Gasteiger partial charge in [0.05, 0.1) is 0 Å². The van der Waals surface area contributed by atoms with Crippen molar-refractivity contribution >= 4 is 52.7 Å². The van der Waals surface area contributed by atoms with E-state index in [0.29, 0.717) is 29.5 Å². The van der Waals surface area contributed by atoms with Crippen molar-refractivity contribution < 1.29 is 14.7 Å². The molecule has 2 aromatic carbocycles. The summed E-state index contributed by atoms with van der Waals surface area (Å²) in [7, 11) is 0. The van der Waals surface area contributed by atoms with Crippen LogP contribution < -0.4 is 16.0 Å². The molecule has 156 valence electrons. The predicted octanol–water partition coefficient (Wildman–Crippen LogP) is 2.85. The van der Waals surface area contributed by atoms with Gasteiger partial charge in [0.15, 0.2) is 0 Å². The van der Waals surface area contributed by atoms with Gasteiger partial charge in [0.25, 0.3) is 5.91 Å². The Hall–Kier alpha value is -1.90. The van der Waals surface area contributed by atoms with Gasteiger partial charge in [-0.1, -0.05) is 24.3 Å². The molecule has 0 spiro atoms. The molecule has 1 heterocycles. The first kappa shape index (κ1) is 21.8. The van der Waals surface area contributed by atoms with Crippen LogP contribution in [0.2, 0.25) is 0 Å². The van der Waals surface area contributed by atoms with Gasteiger partial charge in [-0.3, -0.25) is 4.79 Å². The Morgan fingerprint density at radius 2 is 2.14 bits per heavy atom. The number of carbonyl (C=O) groups excluding carboxylic acids is 1. The zero-order chi connectivity index (χ0) is 20.8. The number of carbonyl (C=O) groups is 2. The van der Waals surface area contributed by atoms with Gasteiger partial charge in [0, 0.05) is 29.1 Å². The van der Waals surface area contributed by atoms with Gasteiger partial charge < -0.3 is 21.1 Å². The fourth-order valence-electron chi connectivity index (χ4n) is 3.52. The number of thioether (sulfide) groups is 1. The normalized spacial score (nSPS) is 19.8. The largest absolute Gasteiger partial charge is 0.480 e. The van der Waals surface area contributed by atoms with E-state index in [9.17, 15) is 14.7 Å². The van der Waals surface area contributed by atoms with Crippen LogP contribution in [0.3, 0.4) is 0 Å². The molecule has 1 aliphatic heterocycles. The predicted molar refractivity (Wildman–Crippen MR) is 124 cm³/mol. The fourth-order valence-corrected chi connectivity index (χ4v) is 4.33. The second-order valence-electron chi connectivity index (χ2n) is 7.19. The van der Waals surface area contributed by atoms with Crippen molar-refractivity contribution in [2.45, 2.75) is 30.2 Å². The number of thiol groups is 1. The maximum absolute atomic E-state index is 13.0. The molecule has 0 saturated carbocycles. The van der Waals surface area contributed by atoms with Gasteiger partial charge in [0.1, 0.15) is 6.04 Å². The van der Waals surface area contributed by atoms with Crippen LogP contribution in [0.4, 0.5) is 5.69 Å². The minimum atomic E-state index is -1.02. The second kappa shape index (κ2) is 10.2. The van der Waals surface area contributed by atoms with Gasteiger partial charge in [-0.25, -0.2) is 4.79 Å². The van der Waals surface area contributed by atoms with E-state index in [-0.39, 0.29) is 11.9 Å². The molecule has 0 bridgehead atoms. The molecule has 1 amide bonds. The first-order chi connectivity index (χ1) is 14.0. The highest BCUT2D eigenvalue weighted by Gasteiger charge is 2.24. The summed E-state index contributed by atoms with van der Waals surface area (Å²) in [5, 5.41) is 21.0. The van der Waals surface area contributed by atoms with Crippen molar-refractivity contribution in [1.82, 2.24) is 10.6 Å². The van der Waals surface area contributed by atoms with Crippen LogP contribution in [0, 0.1) is 0 Å². The summed E-state index contributed by atoms with van der Waals surface area (Å²) in [6.07, 6.45) is 3.33. The second-order valence-corrected chi connectivity index (χ2v) is 8.84. The van der Waals surface area contributed by atoms with E-state index in [4.69, 9.17) is 0 Å². The van der Waals surface area contributed by atoms with Gasteiger partial charge >= 0.3 is 5.97 Å². The van der Waals surface area contributed by atoms with Crippen molar-refractivity contribution in [1.29, 1.82) is 0 Å². The van der Waals surface area contributed by atoms with Crippen LogP contribution in [0.15, 0.2) is 36.4 Å². The number of nitrogens with one attached hydrogen (secondary N) is 3. The number of hydrogen-bond acceptors (Lipinski definition) is 6. The third-order valence-electron chi connectivity index (χ3n) is 5.16. The van der Waals surface area contributed by atoms with Crippen LogP contribution in [0.1, 0.15) is 23.2 Å². The quantitative estimate of drug-likeness (QED) is 0.391. The number of hydrogen-bond donors (Lipinski definition) is 5. The van der Waals surface area contributed by atoms with Gasteiger partial charge in [-0.2, -0.15) is 24.4 Å². The highest BCUT2D eigenvalue weighted by molar-refractivity contribution is 7.98. The maximum atomic E-state index is 13.0. The van der Waals surface area contributed by atoms with Crippen molar-refractivity contribution in [3.8, 4) is 0 Å². The molecule has 0 aliphatic carbocycles. The van der Waals surface area contributed by atoms with E-state index in [1.807, 2.05) is 36.6 Å². The number of benzene rings is 2. The zero-order valence-corrected chi connectivity index (χ0v) is 18.1. The molecule has 0 radical (unpaired) electrons. The smallest absolute Gasteiger partial charge is 0.326 e. The molecule has 3 rings (SSSR count). The summed E-state index contributed by atoms with van der Waals surface area (Å²) in [5.41, 5.74) is 1.31. The molecule has 29 heavy (non-hydrogen) atoms. The Morgan fingerprint density at radius 3 is 2.83 bits per heavy atom. The topological polar surface area (TPSA) is 90.5 Å². The number of amides is 1. The first-order valence-electron chi connectivity index (χ1n) is 9.70. The Labute approximate surface area is 180 Å². The fraction of sp³-hybridized carbons (Fsp3) is 0.429. The molecule has 6 nitrogen and oxygen atoms in total. The minimum absolute atomic E-state index is 0.269. The Balaban J connectivity index is 1.83. The summed E-state index contributed by atoms with van der Waals surface area (Å²) in [4.78, 5) is 24.5. The standard InChI is InChI=1S/C21H27N3O3S2/c1-29-9-7-17(21(26)27)24-20(25)16-11-14(10-13-4-2-3-5-15(13)16)23-12-18-19(28)6-8-22-18/h2-5,10-11,17-19,22-23,28H,6-9,12H2,1H3,(H,24,25)(H,26,27)/t17-,18-,19-/m0/s1. The number of carboxylic acid groups (broad SMARTS) is 1. The van der Waals surface area contributed by atoms with Crippen molar-refractivity contribution in [2.24, 2.45) is 0 Å². The molecule has 3 atom stereocenters. The average molecular weight is 434 g/mol. The molecule has 1 saturated heterocycles. The summed E-state index contributed by atoms with van der Waals surface area (Å²) in [6.45, 7) is 1.66. The zero-order valence-electron chi connectivity index (χ0n) is 16.4. The molecule has 1 fully saturated rings. The monoisotopic (exact) mass is 433 g/mol. The van der Waals surface area contributed by atoms with E-state index in [0.717, 1.165) is 29.4 Å². The molecule has 0 aromatic heterocycles. The van der Waals surface area contributed by atoms with Crippen LogP contribution in [0.5, 0.6) is 0 Å². The van der Waals surface area contributed by atoms with Gasteiger partial charge in [-0.05, 0) is 54.3 Å².